The van der Waals surface area contributed by atoms with Crippen LogP contribution >= 0.6 is 0 Å². The van der Waals surface area contributed by atoms with Crippen LogP contribution in [-0.2, 0) is 27.8 Å². The number of carbonyl (C=O) groups excluding carboxylic acids is 1. The standard InChI is InChI=1S/C22H28N2O5S/c1-28-19-13-18(14-20(15-19)29-2)16-23-22(25)10-7-17-5-8-21(9-6-17)30(26,27)24-11-3-4-12-24/h5-6,8-9,13-15H,3-4,7,10-12,16H2,1-2H3,(H,23,25). The summed E-state index contributed by atoms with van der Waals surface area (Å²) >= 11 is 0. The minimum Gasteiger partial charge on any atom is -0.497 e. The minimum atomic E-state index is -3.40. The third-order valence-corrected chi connectivity index (χ3v) is 7.08. The predicted molar refractivity (Wildman–Crippen MR) is 114 cm³/mol. The Bertz CT molecular complexity index is 945. The molecule has 0 unspecified atom stereocenters. The van der Waals surface area contributed by atoms with Crippen molar-refractivity contribution in [2.45, 2.75) is 37.1 Å². The van der Waals surface area contributed by atoms with Crippen molar-refractivity contribution in [1.29, 1.82) is 0 Å². The molecule has 1 N–H and O–H groups in total. The molecule has 8 heteroatoms. The molecular formula is C22H28N2O5S. The monoisotopic (exact) mass is 432 g/mol. The number of methoxy groups -OCH3 is 2. The maximum Gasteiger partial charge on any atom is 0.243 e. The molecule has 30 heavy (non-hydrogen) atoms. The van der Waals surface area contributed by atoms with E-state index in [0.29, 0.717) is 48.9 Å². The molecule has 0 bridgehead atoms. The van der Waals surface area contributed by atoms with Gasteiger partial charge in [-0.25, -0.2) is 8.42 Å². The van der Waals surface area contributed by atoms with E-state index >= 15 is 0 Å². The quantitative estimate of drug-likeness (QED) is 0.659. The van der Waals surface area contributed by atoms with E-state index in [1.54, 1.807) is 44.6 Å². The number of sulfonamides is 1. The Labute approximate surface area is 178 Å². The number of hydrogen-bond donors (Lipinski definition) is 1. The lowest BCUT2D eigenvalue weighted by molar-refractivity contribution is -0.121. The van der Waals surface area contributed by atoms with Crippen LogP contribution in [0.2, 0.25) is 0 Å². The van der Waals surface area contributed by atoms with Crippen LogP contribution in [0.25, 0.3) is 0 Å². The second kappa shape index (κ2) is 9.95. The fourth-order valence-corrected chi connectivity index (χ4v) is 4.94. The van der Waals surface area contributed by atoms with Crippen molar-refractivity contribution in [3.05, 3.63) is 53.6 Å². The summed E-state index contributed by atoms with van der Waals surface area (Å²) in [4.78, 5) is 12.5. The van der Waals surface area contributed by atoms with Crippen molar-refractivity contribution >= 4 is 15.9 Å². The van der Waals surface area contributed by atoms with Gasteiger partial charge in [-0.15, -0.1) is 0 Å². The summed E-state index contributed by atoms with van der Waals surface area (Å²) in [6.45, 7) is 1.55. The molecule has 162 valence electrons. The normalized spacial score (nSPS) is 14.5. The average Bonchev–Trinajstić information content (AvgIpc) is 3.32. The number of amides is 1. The van der Waals surface area contributed by atoms with Crippen molar-refractivity contribution in [3.63, 3.8) is 0 Å². The van der Waals surface area contributed by atoms with E-state index in [2.05, 4.69) is 5.32 Å². The SMILES string of the molecule is COc1cc(CNC(=O)CCc2ccc(S(=O)(=O)N3CCCC3)cc2)cc(OC)c1. The number of rotatable bonds is 9. The van der Waals surface area contributed by atoms with Crippen LogP contribution in [0.3, 0.4) is 0 Å². The smallest absolute Gasteiger partial charge is 0.243 e. The number of nitrogens with one attached hydrogen (secondary N) is 1. The maximum atomic E-state index is 12.6. The van der Waals surface area contributed by atoms with Gasteiger partial charge in [0.15, 0.2) is 0 Å². The predicted octanol–water partition coefficient (Wildman–Crippen LogP) is 2.74. The van der Waals surface area contributed by atoms with Crippen LogP contribution in [-0.4, -0.2) is 45.9 Å². The summed E-state index contributed by atoms with van der Waals surface area (Å²) in [7, 11) is -0.240. The molecule has 1 saturated heterocycles. The largest absolute Gasteiger partial charge is 0.497 e. The molecule has 1 amide bonds. The second-order valence-electron chi connectivity index (χ2n) is 7.25. The first-order valence-corrected chi connectivity index (χ1v) is 11.4. The molecule has 0 radical (unpaired) electrons. The van der Waals surface area contributed by atoms with E-state index in [1.807, 2.05) is 12.1 Å². The first-order chi connectivity index (χ1) is 14.4. The second-order valence-corrected chi connectivity index (χ2v) is 9.19. The van der Waals surface area contributed by atoms with Crippen molar-refractivity contribution in [3.8, 4) is 11.5 Å². The molecule has 0 spiro atoms. The van der Waals surface area contributed by atoms with E-state index in [4.69, 9.17) is 9.47 Å². The highest BCUT2D eigenvalue weighted by Crippen LogP contribution is 2.23. The Hall–Kier alpha value is -2.58. The van der Waals surface area contributed by atoms with Crippen molar-refractivity contribution in [2.75, 3.05) is 27.3 Å². The lowest BCUT2D eigenvalue weighted by Crippen LogP contribution is -2.27. The van der Waals surface area contributed by atoms with Gasteiger partial charge in [-0.05, 0) is 54.7 Å². The van der Waals surface area contributed by atoms with E-state index in [1.165, 1.54) is 4.31 Å². The Kier molecular flexibility index (Phi) is 7.33. The van der Waals surface area contributed by atoms with Gasteiger partial charge in [-0.2, -0.15) is 4.31 Å². The van der Waals surface area contributed by atoms with Crippen LogP contribution in [0.4, 0.5) is 0 Å². The fourth-order valence-electron chi connectivity index (χ4n) is 3.42. The van der Waals surface area contributed by atoms with E-state index in [0.717, 1.165) is 24.0 Å². The van der Waals surface area contributed by atoms with Crippen molar-refractivity contribution < 1.29 is 22.7 Å². The zero-order valence-electron chi connectivity index (χ0n) is 17.4. The van der Waals surface area contributed by atoms with Crippen LogP contribution in [0.1, 0.15) is 30.4 Å². The van der Waals surface area contributed by atoms with Gasteiger partial charge in [-0.3, -0.25) is 4.79 Å². The van der Waals surface area contributed by atoms with E-state index in [-0.39, 0.29) is 5.91 Å². The Morgan fingerprint density at radius 2 is 1.57 bits per heavy atom. The highest BCUT2D eigenvalue weighted by molar-refractivity contribution is 7.89. The summed E-state index contributed by atoms with van der Waals surface area (Å²) in [5.41, 5.74) is 1.81. The van der Waals surface area contributed by atoms with Crippen LogP contribution < -0.4 is 14.8 Å². The van der Waals surface area contributed by atoms with Gasteiger partial charge in [0.1, 0.15) is 11.5 Å². The lowest BCUT2D eigenvalue weighted by Gasteiger charge is -2.15. The number of nitrogens with zero attached hydrogens (tertiary/aromatic N) is 1. The van der Waals surface area contributed by atoms with Gasteiger partial charge in [0.05, 0.1) is 19.1 Å². The number of ether oxygens (including phenoxy) is 2. The van der Waals surface area contributed by atoms with Gasteiger partial charge in [0.2, 0.25) is 15.9 Å². The lowest BCUT2D eigenvalue weighted by atomic mass is 10.1. The minimum absolute atomic E-state index is 0.0782. The molecule has 0 aliphatic carbocycles. The molecular weight excluding hydrogens is 404 g/mol. The molecule has 0 atom stereocenters. The van der Waals surface area contributed by atoms with E-state index < -0.39 is 10.0 Å². The number of hydrogen-bond acceptors (Lipinski definition) is 5. The molecule has 1 aliphatic heterocycles. The summed E-state index contributed by atoms with van der Waals surface area (Å²) in [6, 6.07) is 12.3. The Balaban J connectivity index is 1.51. The van der Waals surface area contributed by atoms with Gasteiger partial charge < -0.3 is 14.8 Å². The summed E-state index contributed by atoms with van der Waals surface area (Å²) in [5, 5.41) is 2.89. The topological polar surface area (TPSA) is 84.9 Å². The van der Waals surface area contributed by atoms with Gasteiger partial charge in [0, 0.05) is 32.1 Å². The van der Waals surface area contributed by atoms with Gasteiger partial charge in [0.25, 0.3) is 0 Å². The summed E-state index contributed by atoms with van der Waals surface area (Å²) < 4.78 is 37.1. The summed E-state index contributed by atoms with van der Waals surface area (Å²) in [6.07, 6.45) is 2.68. The highest BCUT2D eigenvalue weighted by Gasteiger charge is 2.26. The van der Waals surface area contributed by atoms with E-state index in [9.17, 15) is 13.2 Å². The third kappa shape index (κ3) is 5.52. The molecule has 1 aliphatic rings. The average molecular weight is 433 g/mol. The molecule has 2 aromatic rings. The third-order valence-electron chi connectivity index (χ3n) is 5.17. The van der Waals surface area contributed by atoms with Crippen LogP contribution in [0, 0.1) is 0 Å². The Morgan fingerprint density at radius 1 is 0.967 bits per heavy atom. The Morgan fingerprint density at radius 3 is 2.13 bits per heavy atom. The molecule has 7 nitrogen and oxygen atoms in total. The highest BCUT2D eigenvalue weighted by atomic mass is 32.2. The molecule has 2 aromatic carbocycles. The number of aryl methyl sites for hydroxylation is 1. The molecule has 0 saturated carbocycles. The number of carbonyl (C=O) groups is 1. The zero-order chi connectivity index (χ0) is 21.6. The first-order valence-electron chi connectivity index (χ1n) is 10.00. The van der Waals surface area contributed by atoms with Gasteiger partial charge in [-0.1, -0.05) is 12.1 Å². The fraction of sp³-hybridized carbons (Fsp3) is 0.409. The molecule has 0 aromatic heterocycles. The summed E-state index contributed by atoms with van der Waals surface area (Å²) in [5.74, 6) is 1.26. The van der Waals surface area contributed by atoms with Crippen LogP contribution in [0.15, 0.2) is 47.4 Å². The van der Waals surface area contributed by atoms with Gasteiger partial charge >= 0.3 is 0 Å². The molecule has 3 rings (SSSR count). The zero-order valence-corrected chi connectivity index (χ0v) is 18.2. The van der Waals surface area contributed by atoms with Crippen molar-refractivity contribution in [1.82, 2.24) is 9.62 Å². The van der Waals surface area contributed by atoms with Crippen molar-refractivity contribution in [2.24, 2.45) is 0 Å². The molecule has 1 heterocycles. The number of benzene rings is 2. The molecule has 1 fully saturated rings. The van der Waals surface area contributed by atoms with Crippen LogP contribution in [0.5, 0.6) is 11.5 Å². The maximum absolute atomic E-state index is 12.6. The first kappa shape index (κ1) is 22.1.